The van der Waals surface area contributed by atoms with Gasteiger partial charge in [0.2, 0.25) is 11.6 Å². The summed E-state index contributed by atoms with van der Waals surface area (Å²) in [7, 11) is 0. The van der Waals surface area contributed by atoms with E-state index in [9.17, 15) is 14.5 Å². The van der Waals surface area contributed by atoms with Crippen molar-refractivity contribution in [2.24, 2.45) is 0 Å². The monoisotopic (exact) mass is 380 g/mol. The molecule has 0 unspecified atom stereocenters. The molecule has 140 valence electrons. The Morgan fingerprint density at radius 1 is 1.11 bits per heavy atom. The van der Waals surface area contributed by atoms with Crippen molar-refractivity contribution in [1.29, 1.82) is 0 Å². The summed E-state index contributed by atoms with van der Waals surface area (Å²) in [5.41, 5.74) is 12.0. The van der Waals surface area contributed by atoms with Crippen LogP contribution in [-0.2, 0) is 6.54 Å². The number of benzene rings is 1. The first kappa shape index (κ1) is 17.3. The summed E-state index contributed by atoms with van der Waals surface area (Å²) in [6.07, 6.45) is 1.57. The fraction of sp³-hybridized carbons (Fsp3) is 0.0588. The number of rotatable bonds is 4. The predicted octanol–water partition coefficient (Wildman–Crippen LogP) is 2.15. The molecular weight excluding hydrogens is 367 g/mol. The molecule has 0 amide bonds. The maximum atomic E-state index is 14.0. The Morgan fingerprint density at radius 2 is 1.82 bits per heavy atom. The maximum Gasteiger partial charge on any atom is 0.352 e. The van der Waals surface area contributed by atoms with Crippen LogP contribution in [0, 0.1) is 15.9 Å². The third-order valence-corrected chi connectivity index (χ3v) is 4.12. The molecule has 0 aliphatic carbocycles. The molecule has 3 heterocycles. The van der Waals surface area contributed by atoms with Gasteiger partial charge in [0.05, 0.1) is 16.9 Å². The molecule has 0 saturated carbocycles. The van der Waals surface area contributed by atoms with E-state index in [4.69, 9.17) is 11.5 Å². The highest BCUT2D eigenvalue weighted by Crippen LogP contribution is 2.31. The fourth-order valence-corrected chi connectivity index (χ4v) is 2.86. The minimum Gasteiger partial charge on any atom is -0.378 e. The third kappa shape index (κ3) is 2.84. The van der Waals surface area contributed by atoms with Crippen LogP contribution in [0.5, 0.6) is 0 Å². The molecule has 28 heavy (non-hydrogen) atoms. The number of hydrogen-bond donors (Lipinski definition) is 2. The fourth-order valence-electron chi connectivity index (χ4n) is 2.86. The highest BCUT2D eigenvalue weighted by molar-refractivity contribution is 5.90. The summed E-state index contributed by atoms with van der Waals surface area (Å²) < 4.78 is 15.5. The lowest BCUT2D eigenvalue weighted by atomic mass is 10.2. The summed E-state index contributed by atoms with van der Waals surface area (Å²) in [6, 6.07) is 9.75. The highest BCUT2D eigenvalue weighted by Gasteiger charge is 2.24. The van der Waals surface area contributed by atoms with Crippen LogP contribution in [0.1, 0.15) is 5.56 Å². The zero-order chi connectivity index (χ0) is 19.8. The first-order valence-corrected chi connectivity index (χ1v) is 8.08. The first-order valence-electron chi connectivity index (χ1n) is 8.08. The number of nitrogens with two attached hydrogens (primary N) is 2. The molecule has 0 aliphatic rings. The Morgan fingerprint density at radius 3 is 2.50 bits per heavy atom. The molecule has 3 aromatic heterocycles. The van der Waals surface area contributed by atoms with E-state index in [-0.39, 0.29) is 35.5 Å². The van der Waals surface area contributed by atoms with Gasteiger partial charge in [0.15, 0.2) is 11.5 Å². The second kappa shape index (κ2) is 6.54. The Bertz CT molecular complexity index is 1200. The summed E-state index contributed by atoms with van der Waals surface area (Å²) >= 11 is 0. The maximum absolute atomic E-state index is 14.0. The van der Waals surface area contributed by atoms with E-state index in [2.05, 4.69) is 20.1 Å². The van der Waals surface area contributed by atoms with Crippen LogP contribution in [0.4, 0.5) is 21.7 Å². The molecule has 0 bridgehead atoms. The van der Waals surface area contributed by atoms with E-state index in [1.54, 1.807) is 36.5 Å². The minimum atomic E-state index is -0.745. The predicted molar refractivity (Wildman–Crippen MR) is 99.5 cm³/mol. The zero-order valence-corrected chi connectivity index (χ0v) is 14.3. The number of nitrogens with zero attached hydrogens (tertiary/aromatic N) is 6. The molecule has 4 rings (SSSR count). The van der Waals surface area contributed by atoms with Crippen molar-refractivity contribution in [3.63, 3.8) is 0 Å². The van der Waals surface area contributed by atoms with Gasteiger partial charge >= 0.3 is 5.69 Å². The van der Waals surface area contributed by atoms with Gasteiger partial charge in [-0.25, -0.2) is 24.0 Å². The number of anilines is 2. The second-order valence-corrected chi connectivity index (χ2v) is 5.90. The molecular formula is C17H13FN8O2. The SMILES string of the molecule is Nc1nc(-c2nn(Cc3ccccc3F)c3ncccc23)nc(N)c1[N+](=O)[O-]. The summed E-state index contributed by atoms with van der Waals surface area (Å²) in [5, 5.41) is 16.1. The number of nitro groups is 1. The largest absolute Gasteiger partial charge is 0.378 e. The van der Waals surface area contributed by atoms with Crippen LogP contribution >= 0.6 is 0 Å². The number of pyridine rings is 1. The number of fused-ring (bicyclic) bond motifs is 1. The molecule has 0 aliphatic heterocycles. The molecule has 0 radical (unpaired) electrons. The van der Waals surface area contributed by atoms with Crippen LogP contribution in [0.3, 0.4) is 0 Å². The minimum absolute atomic E-state index is 0.0193. The van der Waals surface area contributed by atoms with Gasteiger partial charge in [-0.05, 0) is 18.2 Å². The Balaban J connectivity index is 1.88. The van der Waals surface area contributed by atoms with Crippen LogP contribution in [0.15, 0.2) is 42.6 Å². The zero-order valence-electron chi connectivity index (χ0n) is 14.3. The molecule has 0 fully saturated rings. The van der Waals surface area contributed by atoms with E-state index in [1.165, 1.54) is 10.7 Å². The molecule has 0 saturated heterocycles. The van der Waals surface area contributed by atoms with Gasteiger partial charge in [-0.2, -0.15) is 5.10 Å². The standard InChI is InChI=1S/C17H13FN8O2/c18-11-6-2-1-4-9(11)8-25-17-10(5-3-7-21-17)12(24-25)16-22-14(19)13(26(27)28)15(20)23-16/h1-7H,8H2,(H4,19,20,22,23). The van der Waals surface area contributed by atoms with Crippen molar-refractivity contribution in [1.82, 2.24) is 24.7 Å². The molecule has 11 heteroatoms. The second-order valence-electron chi connectivity index (χ2n) is 5.90. The lowest BCUT2D eigenvalue weighted by molar-refractivity contribution is -0.383. The van der Waals surface area contributed by atoms with Crippen molar-refractivity contribution in [3.8, 4) is 11.5 Å². The van der Waals surface area contributed by atoms with Gasteiger partial charge in [0.1, 0.15) is 11.5 Å². The quantitative estimate of drug-likeness (QED) is 0.403. The van der Waals surface area contributed by atoms with Gasteiger partial charge < -0.3 is 11.5 Å². The van der Waals surface area contributed by atoms with Gasteiger partial charge in [0.25, 0.3) is 0 Å². The van der Waals surface area contributed by atoms with Gasteiger partial charge in [0, 0.05) is 11.8 Å². The highest BCUT2D eigenvalue weighted by atomic mass is 19.1. The molecule has 0 atom stereocenters. The van der Waals surface area contributed by atoms with E-state index in [0.717, 1.165) is 0 Å². The van der Waals surface area contributed by atoms with Crippen molar-refractivity contribution < 1.29 is 9.31 Å². The number of nitrogen functional groups attached to an aromatic ring is 2. The van der Waals surface area contributed by atoms with Gasteiger partial charge in [-0.15, -0.1) is 0 Å². The summed E-state index contributed by atoms with van der Waals surface area (Å²) in [6.45, 7) is 0.123. The smallest absolute Gasteiger partial charge is 0.352 e. The van der Waals surface area contributed by atoms with E-state index >= 15 is 0 Å². The van der Waals surface area contributed by atoms with Crippen molar-refractivity contribution in [2.45, 2.75) is 6.54 Å². The van der Waals surface area contributed by atoms with Crippen molar-refractivity contribution >= 4 is 28.4 Å². The van der Waals surface area contributed by atoms with Crippen molar-refractivity contribution in [2.75, 3.05) is 11.5 Å². The number of hydrogen-bond acceptors (Lipinski definition) is 8. The van der Waals surface area contributed by atoms with Crippen LogP contribution in [0.2, 0.25) is 0 Å². The Kier molecular flexibility index (Phi) is 4.03. The van der Waals surface area contributed by atoms with Crippen molar-refractivity contribution in [3.05, 3.63) is 64.1 Å². The number of aromatic nitrogens is 5. The average Bonchev–Trinajstić information content (AvgIpc) is 3.01. The van der Waals surface area contributed by atoms with E-state index in [1.807, 2.05) is 0 Å². The molecule has 4 N–H and O–H groups in total. The lowest BCUT2D eigenvalue weighted by Gasteiger charge is -2.04. The van der Waals surface area contributed by atoms with Crippen LogP contribution in [0.25, 0.3) is 22.6 Å². The Hall–Kier alpha value is -4.15. The lowest BCUT2D eigenvalue weighted by Crippen LogP contribution is -2.08. The Labute approximate surface area is 156 Å². The summed E-state index contributed by atoms with van der Waals surface area (Å²) in [4.78, 5) is 22.6. The normalized spacial score (nSPS) is 11.0. The molecule has 1 aromatic carbocycles. The third-order valence-electron chi connectivity index (χ3n) is 4.12. The van der Waals surface area contributed by atoms with Gasteiger partial charge in [-0.3, -0.25) is 10.1 Å². The van der Waals surface area contributed by atoms with E-state index in [0.29, 0.717) is 16.6 Å². The van der Waals surface area contributed by atoms with E-state index < -0.39 is 10.6 Å². The first-order chi connectivity index (χ1) is 13.5. The molecule has 4 aromatic rings. The topological polar surface area (TPSA) is 152 Å². The summed E-state index contributed by atoms with van der Waals surface area (Å²) in [5.74, 6) is -1.09. The number of halogens is 1. The average molecular weight is 380 g/mol. The molecule has 10 nitrogen and oxygen atoms in total. The van der Waals surface area contributed by atoms with Gasteiger partial charge in [-0.1, -0.05) is 18.2 Å². The van der Waals surface area contributed by atoms with Crippen LogP contribution in [-0.4, -0.2) is 29.7 Å². The molecule has 0 spiro atoms. The van der Waals surface area contributed by atoms with Crippen LogP contribution < -0.4 is 11.5 Å².